The lowest BCUT2D eigenvalue weighted by atomic mass is 9.88. The van der Waals surface area contributed by atoms with E-state index in [9.17, 15) is 26.8 Å². The number of aromatic amines is 1. The first-order valence-corrected chi connectivity index (χ1v) is 11.3. The quantitative estimate of drug-likeness (QED) is 0.454. The molecule has 0 saturated heterocycles. The second-order valence-electron chi connectivity index (χ2n) is 7.37. The zero-order chi connectivity index (χ0) is 24.7. The fraction of sp³-hybridized carbons (Fsp3) is 0.250. The molecule has 0 saturated carbocycles. The number of H-pyrrole nitrogens is 1. The first kappa shape index (κ1) is 24.6. The predicted octanol–water partition coefficient (Wildman–Crippen LogP) is 2.83. The summed E-state index contributed by atoms with van der Waals surface area (Å²) < 4.78 is 62.9. The number of sulfonamides is 1. The van der Waals surface area contributed by atoms with Gasteiger partial charge in [-0.1, -0.05) is 24.6 Å². The van der Waals surface area contributed by atoms with Crippen molar-refractivity contribution in [3.8, 4) is 0 Å². The van der Waals surface area contributed by atoms with Crippen LogP contribution in [0.1, 0.15) is 51.8 Å². The zero-order valence-electron chi connectivity index (χ0n) is 17.6. The molecule has 0 aliphatic heterocycles. The highest BCUT2D eigenvalue weighted by Crippen LogP contribution is 2.36. The van der Waals surface area contributed by atoms with Crippen molar-refractivity contribution in [1.82, 2.24) is 14.9 Å². The normalized spacial score (nSPS) is 13.6. The first-order chi connectivity index (χ1) is 15.3. The highest BCUT2D eigenvalue weighted by Gasteiger charge is 2.36. The summed E-state index contributed by atoms with van der Waals surface area (Å²) in [5, 5.41) is 5.41. The van der Waals surface area contributed by atoms with Crippen LogP contribution < -0.4 is 16.2 Å². The van der Waals surface area contributed by atoms with Gasteiger partial charge in [-0.3, -0.25) is 4.79 Å². The van der Waals surface area contributed by atoms with Crippen LogP contribution in [-0.4, -0.2) is 24.5 Å². The Morgan fingerprint density at radius 1 is 1.24 bits per heavy atom. The van der Waals surface area contributed by atoms with Gasteiger partial charge < -0.3 is 10.2 Å². The molecule has 13 heteroatoms. The molecule has 1 amide bonds. The number of primary amides is 1. The van der Waals surface area contributed by atoms with Crippen LogP contribution in [0.3, 0.4) is 0 Å². The number of nitrogens with one attached hydrogen (secondary N) is 2. The SMILES string of the molecule is Cc1ccc(F)c([C@@H](C)[C@H](NS(=O)(=O)c2c(F)cc(Cl)cc2C(N)=O)c2n[nH]c(=O)o2)c1C. The summed E-state index contributed by atoms with van der Waals surface area (Å²) in [5.41, 5.74) is 5.90. The number of hydrogen-bond donors (Lipinski definition) is 3. The number of aromatic nitrogens is 2. The summed E-state index contributed by atoms with van der Waals surface area (Å²) in [6.45, 7) is 4.85. The van der Waals surface area contributed by atoms with E-state index in [-0.39, 0.29) is 10.6 Å². The van der Waals surface area contributed by atoms with Gasteiger partial charge in [0.25, 0.3) is 0 Å². The van der Waals surface area contributed by atoms with Gasteiger partial charge in [0.2, 0.25) is 21.8 Å². The molecule has 0 aliphatic rings. The molecular weight excluding hydrogens is 482 g/mol. The molecule has 9 nitrogen and oxygen atoms in total. The fourth-order valence-electron chi connectivity index (χ4n) is 3.51. The van der Waals surface area contributed by atoms with Gasteiger partial charge in [-0.15, -0.1) is 5.10 Å². The molecule has 0 unspecified atom stereocenters. The number of carbonyl (C=O) groups excluding carboxylic acids is 1. The van der Waals surface area contributed by atoms with E-state index in [4.69, 9.17) is 21.8 Å². The van der Waals surface area contributed by atoms with E-state index in [2.05, 4.69) is 9.82 Å². The van der Waals surface area contributed by atoms with Crippen LogP contribution in [0.4, 0.5) is 8.78 Å². The number of hydrogen-bond acceptors (Lipinski definition) is 6. The van der Waals surface area contributed by atoms with Crippen LogP contribution in [0.2, 0.25) is 5.02 Å². The second kappa shape index (κ2) is 9.04. The van der Waals surface area contributed by atoms with Crippen LogP contribution >= 0.6 is 11.6 Å². The average Bonchev–Trinajstić information content (AvgIpc) is 3.14. The topological polar surface area (TPSA) is 148 Å². The van der Waals surface area contributed by atoms with Crippen molar-refractivity contribution in [2.24, 2.45) is 5.73 Å². The molecule has 0 aliphatic carbocycles. The van der Waals surface area contributed by atoms with Crippen molar-refractivity contribution < 1.29 is 26.4 Å². The van der Waals surface area contributed by atoms with Gasteiger partial charge in [0.05, 0.1) is 5.56 Å². The van der Waals surface area contributed by atoms with Crippen LogP contribution in [0.25, 0.3) is 0 Å². The molecule has 0 bridgehead atoms. The van der Waals surface area contributed by atoms with Gasteiger partial charge in [-0.05, 0) is 48.7 Å². The Morgan fingerprint density at radius 3 is 2.48 bits per heavy atom. The van der Waals surface area contributed by atoms with Gasteiger partial charge >= 0.3 is 5.76 Å². The van der Waals surface area contributed by atoms with E-state index in [1.54, 1.807) is 19.9 Å². The molecule has 0 spiro atoms. The molecule has 176 valence electrons. The molecule has 3 rings (SSSR count). The third kappa shape index (κ3) is 4.82. The minimum Gasteiger partial charge on any atom is -0.391 e. The standard InChI is InChI=1S/C20H19ClF2N4O5S/c1-8-4-5-13(22)15(9(8)2)10(3)16(19-25-26-20(29)32-19)27-33(30,31)17-12(18(24)28)6-11(21)7-14(17)23/h4-7,10,16,27H,1-3H3,(H2,24,28)(H,26,29)/t10-,16+/m1/s1. The molecular formula is C20H19ClF2N4O5S. The van der Waals surface area contributed by atoms with Crippen molar-refractivity contribution in [2.45, 2.75) is 37.6 Å². The molecule has 1 heterocycles. The summed E-state index contributed by atoms with van der Waals surface area (Å²) >= 11 is 5.73. The first-order valence-electron chi connectivity index (χ1n) is 9.45. The van der Waals surface area contributed by atoms with Crippen LogP contribution in [0.15, 0.2) is 38.4 Å². The summed E-state index contributed by atoms with van der Waals surface area (Å²) in [5.74, 6) is -5.61. The predicted molar refractivity (Wildman–Crippen MR) is 114 cm³/mol. The maximum atomic E-state index is 14.8. The fourth-order valence-corrected chi connectivity index (χ4v) is 5.24. The van der Waals surface area contributed by atoms with Crippen LogP contribution in [-0.2, 0) is 10.0 Å². The number of halogens is 3. The Bertz CT molecular complexity index is 1400. The van der Waals surface area contributed by atoms with Crippen molar-refractivity contribution in [2.75, 3.05) is 0 Å². The molecule has 2 aromatic carbocycles. The number of nitrogens with two attached hydrogens (primary N) is 1. The van der Waals surface area contributed by atoms with Crippen LogP contribution in [0.5, 0.6) is 0 Å². The molecule has 33 heavy (non-hydrogen) atoms. The maximum Gasteiger partial charge on any atom is 0.434 e. The van der Waals surface area contributed by atoms with E-state index in [1.165, 1.54) is 13.0 Å². The largest absolute Gasteiger partial charge is 0.434 e. The molecule has 1 aromatic heterocycles. The van der Waals surface area contributed by atoms with Crippen molar-refractivity contribution in [1.29, 1.82) is 0 Å². The third-order valence-electron chi connectivity index (χ3n) is 5.23. The van der Waals surface area contributed by atoms with Crippen molar-refractivity contribution >= 4 is 27.5 Å². The molecule has 4 N–H and O–H groups in total. The van der Waals surface area contributed by atoms with Gasteiger partial charge in [0.1, 0.15) is 22.6 Å². The lowest BCUT2D eigenvalue weighted by Crippen LogP contribution is -2.34. The van der Waals surface area contributed by atoms with Gasteiger partial charge in [0, 0.05) is 10.9 Å². The summed E-state index contributed by atoms with van der Waals surface area (Å²) in [6, 6.07) is 2.89. The molecule has 0 fully saturated rings. The van der Waals surface area contributed by atoms with Crippen LogP contribution in [0, 0.1) is 25.5 Å². The van der Waals surface area contributed by atoms with Crippen molar-refractivity contribution in [3.05, 3.63) is 79.6 Å². The minimum atomic E-state index is -4.83. The Hall–Kier alpha value is -3.09. The van der Waals surface area contributed by atoms with Gasteiger partial charge in [-0.25, -0.2) is 27.1 Å². The Kier molecular flexibility index (Phi) is 6.73. The molecule has 0 radical (unpaired) electrons. The highest BCUT2D eigenvalue weighted by molar-refractivity contribution is 7.89. The van der Waals surface area contributed by atoms with E-state index in [1.807, 2.05) is 5.10 Å². The van der Waals surface area contributed by atoms with E-state index in [0.717, 1.165) is 11.6 Å². The maximum absolute atomic E-state index is 14.8. The second-order valence-corrected chi connectivity index (χ2v) is 9.46. The number of amides is 1. The zero-order valence-corrected chi connectivity index (χ0v) is 19.1. The number of nitrogens with zero attached hydrogens (tertiary/aromatic N) is 1. The number of carbonyl (C=O) groups is 1. The summed E-state index contributed by atoms with van der Waals surface area (Å²) in [6.07, 6.45) is 0. The third-order valence-corrected chi connectivity index (χ3v) is 6.97. The Balaban J connectivity index is 2.19. The lowest BCUT2D eigenvalue weighted by molar-refractivity contribution is 0.0996. The lowest BCUT2D eigenvalue weighted by Gasteiger charge is -2.25. The Morgan fingerprint density at radius 2 is 1.91 bits per heavy atom. The van der Waals surface area contributed by atoms with Gasteiger partial charge in [0.15, 0.2) is 0 Å². The number of benzene rings is 2. The Labute approximate surface area is 192 Å². The monoisotopic (exact) mass is 500 g/mol. The van der Waals surface area contributed by atoms with E-state index >= 15 is 0 Å². The molecule has 2 atom stereocenters. The number of rotatable bonds is 7. The molecule has 3 aromatic rings. The smallest absolute Gasteiger partial charge is 0.391 e. The average molecular weight is 501 g/mol. The van der Waals surface area contributed by atoms with E-state index < -0.39 is 61.6 Å². The number of aryl methyl sites for hydroxylation is 1. The van der Waals surface area contributed by atoms with Gasteiger partial charge in [-0.2, -0.15) is 4.72 Å². The summed E-state index contributed by atoms with van der Waals surface area (Å²) in [7, 11) is -4.83. The van der Waals surface area contributed by atoms with E-state index in [0.29, 0.717) is 11.6 Å². The highest BCUT2D eigenvalue weighted by atomic mass is 35.5. The minimum absolute atomic E-state index is 0.125. The van der Waals surface area contributed by atoms with Crippen molar-refractivity contribution in [3.63, 3.8) is 0 Å². The summed E-state index contributed by atoms with van der Waals surface area (Å²) in [4.78, 5) is 22.3.